The van der Waals surface area contributed by atoms with Gasteiger partial charge in [-0.05, 0) is 49.4 Å². The van der Waals surface area contributed by atoms with Crippen LogP contribution in [0, 0.1) is 0 Å². The van der Waals surface area contributed by atoms with Crippen molar-refractivity contribution in [1.29, 1.82) is 0 Å². The lowest BCUT2D eigenvalue weighted by Gasteiger charge is -2.06. The molecule has 104 valence electrons. The first-order valence-corrected chi connectivity index (χ1v) is 6.34. The van der Waals surface area contributed by atoms with Crippen molar-refractivity contribution in [1.82, 2.24) is 0 Å². The SMILES string of the molecule is CCOC(=O)/C(C)=C/c1ccc(SC(F)(F)F)cc1. The van der Waals surface area contributed by atoms with E-state index >= 15 is 0 Å². The van der Waals surface area contributed by atoms with Crippen LogP contribution in [0.4, 0.5) is 13.2 Å². The van der Waals surface area contributed by atoms with Gasteiger partial charge < -0.3 is 4.74 Å². The number of rotatable bonds is 4. The predicted molar refractivity (Wildman–Crippen MR) is 68.6 cm³/mol. The van der Waals surface area contributed by atoms with Crippen LogP contribution in [0.15, 0.2) is 34.7 Å². The average molecular weight is 290 g/mol. The van der Waals surface area contributed by atoms with E-state index in [0.717, 1.165) is 0 Å². The first-order valence-electron chi connectivity index (χ1n) is 5.53. The molecule has 0 aliphatic carbocycles. The molecule has 1 rings (SSSR count). The molecular weight excluding hydrogens is 277 g/mol. The lowest BCUT2D eigenvalue weighted by Crippen LogP contribution is -2.04. The van der Waals surface area contributed by atoms with Crippen molar-refractivity contribution in [3.63, 3.8) is 0 Å². The number of esters is 1. The summed E-state index contributed by atoms with van der Waals surface area (Å²) in [5.74, 6) is -0.434. The van der Waals surface area contributed by atoms with Crippen LogP contribution in [0.5, 0.6) is 0 Å². The van der Waals surface area contributed by atoms with Gasteiger partial charge in [-0.2, -0.15) is 13.2 Å². The topological polar surface area (TPSA) is 26.3 Å². The summed E-state index contributed by atoms with van der Waals surface area (Å²) >= 11 is -0.170. The number of hydrogen-bond donors (Lipinski definition) is 0. The Morgan fingerprint density at radius 1 is 1.32 bits per heavy atom. The summed E-state index contributed by atoms with van der Waals surface area (Å²) in [5.41, 5.74) is -3.24. The summed E-state index contributed by atoms with van der Waals surface area (Å²) in [4.78, 5) is 11.5. The minimum Gasteiger partial charge on any atom is -0.463 e. The van der Waals surface area contributed by atoms with Crippen LogP contribution in [0.1, 0.15) is 19.4 Å². The number of hydrogen-bond acceptors (Lipinski definition) is 3. The molecular formula is C13H13F3O2S. The predicted octanol–water partition coefficient (Wildman–Crippen LogP) is 4.26. The van der Waals surface area contributed by atoms with Crippen LogP contribution in [0.25, 0.3) is 6.08 Å². The fraction of sp³-hybridized carbons (Fsp3) is 0.308. The van der Waals surface area contributed by atoms with E-state index in [1.807, 2.05) is 0 Å². The maximum absolute atomic E-state index is 12.1. The summed E-state index contributed by atoms with van der Waals surface area (Å²) in [5, 5.41) is 0. The first kappa shape index (κ1) is 15.6. The zero-order chi connectivity index (χ0) is 14.5. The molecule has 0 aliphatic rings. The highest BCUT2D eigenvalue weighted by molar-refractivity contribution is 8.00. The molecule has 2 nitrogen and oxygen atoms in total. The highest BCUT2D eigenvalue weighted by atomic mass is 32.2. The van der Waals surface area contributed by atoms with Crippen LogP contribution < -0.4 is 0 Å². The molecule has 19 heavy (non-hydrogen) atoms. The Kier molecular flexibility index (Phi) is 5.47. The van der Waals surface area contributed by atoms with Crippen LogP contribution >= 0.6 is 11.8 Å². The van der Waals surface area contributed by atoms with E-state index in [0.29, 0.717) is 11.1 Å². The van der Waals surface area contributed by atoms with Gasteiger partial charge in [-0.25, -0.2) is 4.79 Å². The molecule has 0 N–H and O–H groups in total. The highest BCUT2D eigenvalue weighted by Crippen LogP contribution is 2.36. The maximum Gasteiger partial charge on any atom is 0.446 e. The molecule has 0 amide bonds. The third-order valence-electron chi connectivity index (χ3n) is 2.09. The van der Waals surface area contributed by atoms with Crippen LogP contribution in [-0.4, -0.2) is 18.1 Å². The van der Waals surface area contributed by atoms with Crippen molar-refractivity contribution >= 4 is 23.8 Å². The molecule has 0 heterocycles. The molecule has 0 spiro atoms. The number of benzene rings is 1. The zero-order valence-electron chi connectivity index (χ0n) is 10.5. The van der Waals surface area contributed by atoms with Gasteiger partial charge in [-0.15, -0.1) is 0 Å². The van der Waals surface area contributed by atoms with Crippen molar-refractivity contribution < 1.29 is 22.7 Å². The van der Waals surface area contributed by atoms with Gasteiger partial charge in [-0.1, -0.05) is 12.1 Å². The van der Waals surface area contributed by atoms with E-state index in [1.54, 1.807) is 19.9 Å². The van der Waals surface area contributed by atoms with Gasteiger partial charge in [0.15, 0.2) is 0 Å². The molecule has 1 aromatic carbocycles. The fourth-order valence-corrected chi connectivity index (χ4v) is 1.86. The second-order valence-corrected chi connectivity index (χ2v) is 4.80. The van der Waals surface area contributed by atoms with Gasteiger partial charge in [0.05, 0.1) is 6.61 Å². The smallest absolute Gasteiger partial charge is 0.446 e. The van der Waals surface area contributed by atoms with Crippen molar-refractivity contribution in [3.05, 3.63) is 35.4 Å². The lowest BCUT2D eigenvalue weighted by molar-refractivity contribution is -0.138. The second-order valence-electron chi connectivity index (χ2n) is 3.66. The standard InChI is InChI=1S/C13H13F3O2S/c1-3-18-12(17)9(2)8-10-4-6-11(7-5-10)19-13(14,15)16/h4-8H,3H2,1-2H3/b9-8+. The summed E-state index contributed by atoms with van der Waals surface area (Å²) in [6.07, 6.45) is 1.57. The van der Waals surface area contributed by atoms with E-state index in [4.69, 9.17) is 4.74 Å². The summed E-state index contributed by atoms with van der Waals surface area (Å²) in [7, 11) is 0. The highest BCUT2D eigenvalue weighted by Gasteiger charge is 2.28. The van der Waals surface area contributed by atoms with Crippen molar-refractivity contribution in [2.24, 2.45) is 0 Å². The second kappa shape index (κ2) is 6.65. The molecule has 0 saturated carbocycles. The third kappa shape index (κ3) is 5.83. The van der Waals surface area contributed by atoms with E-state index in [-0.39, 0.29) is 23.3 Å². The van der Waals surface area contributed by atoms with Crippen LogP contribution in [0.2, 0.25) is 0 Å². The molecule has 0 atom stereocenters. The molecule has 0 unspecified atom stereocenters. The quantitative estimate of drug-likeness (QED) is 0.471. The maximum atomic E-state index is 12.1. The molecule has 0 saturated heterocycles. The van der Waals surface area contributed by atoms with Crippen LogP contribution in [-0.2, 0) is 9.53 Å². The molecule has 0 aliphatic heterocycles. The zero-order valence-corrected chi connectivity index (χ0v) is 11.3. The van der Waals surface area contributed by atoms with E-state index in [2.05, 4.69) is 0 Å². The summed E-state index contributed by atoms with van der Waals surface area (Å²) in [6, 6.07) is 5.78. The molecule has 0 bridgehead atoms. The van der Waals surface area contributed by atoms with Crippen molar-refractivity contribution in [2.45, 2.75) is 24.3 Å². The Labute approximate surface area is 113 Å². The number of halogens is 3. The van der Waals surface area contributed by atoms with Crippen LogP contribution in [0.3, 0.4) is 0 Å². The van der Waals surface area contributed by atoms with E-state index in [1.165, 1.54) is 24.3 Å². The molecule has 0 aromatic heterocycles. The Bertz CT molecular complexity index is 464. The molecule has 0 radical (unpaired) electrons. The Hall–Kier alpha value is -1.43. The Morgan fingerprint density at radius 3 is 2.37 bits per heavy atom. The largest absolute Gasteiger partial charge is 0.463 e. The monoisotopic (exact) mass is 290 g/mol. The Morgan fingerprint density at radius 2 is 1.89 bits per heavy atom. The van der Waals surface area contributed by atoms with Crippen molar-refractivity contribution in [3.8, 4) is 0 Å². The summed E-state index contributed by atoms with van der Waals surface area (Å²) < 4.78 is 41.2. The normalized spacial score (nSPS) is 12.4. The number of carbonyl (C=O) groups is 1. The van der Waals surface area contributed by atoms with Gasteiger partial charge in [0, 0.05) is 10.5 Å². The van der Waals surface area contributed by atoms with Crippen molar-refractivity contribution in [2.75, 3.05) is 6.61 Å². The molecule has 0 fully saturated rings. The number of ether oxygens (including phenoxy) is 1. The van der Waals surface area contributed by atoms with Gasteiger partial charge in [-0.3, -0.25) is 0 Å². The number of alkyl halides is 3. The minimum atomic E-state index is -4.29. The van der Waals surface area contributed by atoms with Gasteiger partial charge in [0.1, 0.15) is 0 Å². The summed E-state index contributed by atoms with van der Waals surface area (Å²) in [6.45, 7) is 3.58. The lowest BCUT2D eigenvalue weighted by atomic mass is 10.1. The number of thioether (sulfide) groups is 1. The third-order valence-corrected chi connectivity index (χ3v) is 2.83. The average Bonchev–Trinajstić information content (AvgIpc) is 2.30. The minimum absolute atomic E-state index is 0.110. The molecule has 1 aromatic rings. The fourth-order valence-electron chi connectivity index (χ4n) is 1.32. The molecule has 6 heteroatoms. The van der Waals surface area contributed by atoms with E-state index in [9.17, 15) is 18.0 Å². The van der Waals surface area contributed by atoms with E-state index < -0.39 is 11.5 Å². The number of carbonyl (C=O) groups excluding carboxylic acids is 1. The Balaban J connectivity index is 2.77. The van der Waals surface area contributed by atoms with Gasteiger partial charge in [0.25, 0.3) is 0 Å². The first-order chi connectivity index (χ1) is 8.81. The van der Waals surface area contributed by atoms with Gasteiger partial charge >= 0.3 is 11.5 Å². The van der Waals surface area contributed by atoms with Gasteiger partial charge in [0.2, 0.25) is 0 Å².